The molecule has 0 bridgehead atoms. The molecule has 154 valence electrons. The minimum Gasteiger partial charge on any atom is -0.497 e. The number of nitrogens with one attached hydrogen (secondary N) is 1. The molecule has 0 aliphatic carbocycles. The third kappa shape index (κ3) is 4.43. The summed E-state index contributed by atoms with van der Waals surface area (Å²) in [5.41, 5.74) is 2.28. The smallest absolute Gasteiger partial charge is 0.251 e. The first kappa shape index (κ1) is 19.8. The van der Waals surface area contributed by atoms with E-state index in [2.05, 4.69) is 20.6 Å². The maximum absolute atomic E-state index is 12.2. The topological polar surface area (TPSA) is 114 Å². The predicted octanol–water partition coefficient (Wildman–Crippen LogP) is 2.48. The second-order valence-electron chi connectivity index (χ2n) is 6.49. The number of benzene rings is 2. The molecular formula is C22H18N6O3. The average molecular weight is 414 g/mol. The Kier molecular flexibility index (Phi) is 5.71. The fourth-order valence-electron chi connectivity index (χ4n) is 2.92. The fraction of sp³-hybridized carbons (Fsp3) is 0.136. The molecule has 1 N–H and O–H groups in total. The maximum Gasteiger partial charge on any atom is 0.251 e. The molecule has 4 aromatic rings. The van der Waals surface area contributed by atoms with Gasteiger partial charge in [-0.05, 0) is 48.5 Å². The predicted molar refractivity (Wildman–Crippen MR) is 112 cm³/mol. The molecule has 2 aromatic carbocycles. The zero-order valence-corrected chi connectivity index (χ0v) is 16.6. The number of rotatable bonds is 7. The highest BCUT2D eigenvalue weighted by molar-refractivity contribution is 5.94. The van der Waals surface area contributed by atoms with E-state index in [1.54, 1.807) is 48.0 Å². The van der Waals surface area contributed by atoms with Gasteiger partial charge in [0.2, 0.25) is 5.88 Å². The lowest BCUT2D eigenvalue weighted by Crippen LogP contribution is -2.28. The van der Waals surface area contributed by atoms with E-state index in [4.69, 9.17) is 14.7 Å². The molecule has 0 saturated carbocycles. The number of nitrogens with zero attached hydrogens (tertiary/aromatic N) is 5. The lowest BCUT2D eigenvalue weighted by Gasteiger charge is -2.08. The second-order valence-corrected chi connectivity index (χ2v) is 6.49. The van der Waals surface area contributed by atoms with Crippen LogP contribution in [0.4, 0.5) is 0 Å². The Balaban J connectivity index is 1.39. The number of aromatic nitrogens is 4. The summed E-state index contributed by atoms with van der Waals surface area (Å²) in [6.45, 7) is 0.505. The Morgan fingerprint density at radius 3 is 2.74 bits per heavy atom. The molecule has 31 heavy (non-hydrogen) atoms. The summed E-state index contributed by atoms with van der Waals surface area (Å²) in [4.78, 5) is 12.2. The van der Waals surface area contributed by atoms with E-state index in [0.29, 0.717) is 28.5 Å². The molecule has 0 aliphatic rings. The number of fused-ring (bicyclic) bond motifs is 1. The third-order valence-corrected chi connectivity index (χ3v) is 4.48. The van der Waals surface area contributed by atoms with E-state index in [0.717, 1.165) is 11.3 Å². The van der Waals surface area contributed by atoms with Gasteiger partial charge in [-0.25, -0.2) is 0 Å². The molecule has 2 aromatic heterocycles. The van der Waals surface area contributed by atoms with Crippen LogP contribution in [0.15, 0.2) is 60.7 Å². The largest absolute Gasteiger partial charge is 0.497 e. The number of amides is 1. The van der Waals surface area contributed by atoms with Crippen molar-refractivity contribution in [1.29, 1.82) is 5.26 Å². The van der Waals surface area contributed by atoms with Crippen molar-refractivity contribution in [1.82, 2.24) is 25.1 Å². The van der Waals surface area contributed by atoms with Gasteiger partial charge in [-0.1, -0.05) is 6.07 Å². The minimum absolute atomic E-state index is 0.224. The average Bonchev–Trinajstić information content (AvgIpc) is 3.25. The molecule has 0 spiro atoms. The first-order chi connectivity index (χ1) is 15.2. The maximum atomic E-state index is 12.2. The Bertz CT molecular complexity index is 1260. The van der Waals surface area contributed by atoms with E-state index in [-0.39, 0.29) is 19.1 Å². The van der Waals surface area contributed by atoms with E-state index >= 15 is 0 Å². The van der Waals surface area contributed by atoms with Crippen LogP contribution in [0.5, 0.6) is 11.6 Å². The lowest BCUT2D eigenvalue weighted by atomic mass is 10.1. The Labute approximate surface area is 177 Å². The summed E-state index contributed by atoms with van der Waals surface area (Å²) in [5.74, 6) is 1.43. The highest BCUT2D eigenvalue weighted by atomic mass is 16.5. The monoisotopic (exact) mass is 414 g/mol. The summed E-state index contributed by atoms with van der Waals surface area (Å²) < 4.78 is 12.4. The van der Waals surface area contributed by atoms with Gasteiger partial charge in [0.1, 0.15) is 12.4 Å². The second kappa shape index (κ2) is 8.92. The first-order valence-corrected chi connectivity index (χ1v) is 9.46. The van der Waals surface area contributed by atoms with Crippen molar-refractivity contribution < 1.29 is 14.3 Å². The first-order valence-electron chi connectivity index (χ1n) is 9.46. The molecular weight excluding hydrogens is 396 g/mol. The van der Waals surface area contributed by atoms with Crippen molar-refractivity contribution in [2.45, 2.75) is 0 Å². The van der Waals surface area contributed by atoms with E-state index in [9.17, 15) is 4.79 Å². The fourth-order valence-corrected chi connectivity index (χ4v) is 2.92. The van der Waals surface area contributed by atoms with Gasteiger partial charge in [0.25, 0.3) is 5.91 Å². The number of carbonyl (C=O) groups is 1. The number of ether oxygens (including phenoxy) is 2. The van der Waals surface area contributed by atoms with Gasteiger partial charge in [0.15, 0.2) is 11.5 Å². The summed E-state index contributed by atoms with van der Waals surface area (Å²) in [7, 11) is 1.61. The van der Waals surface area contributed by atoms with Crippen LogP contribution >= 0.6 is 0 Å². The molecule has 0 fully saturated rings. The lowest BCUT2D eigenvalue weighted by molar-refractivity contribution is 0.0946. The zero-order chi connectivity index (χ0) is 21.6. The SMILES string of the molecule is COc1ccc(-c2nnc3ccc(OCCNC(=O)c4cccc(C#N)c4)nn23)cc1. The van der Waals surface area contributed by atoms with Crippen LogP contribution in [-0.4, -0.2) is 46.0 Å². The van der Waals surface area contributed by atoms with Crippen molar-refractivity contribution in [3.8, 4) is 29.1 Å². The highest BCUT2D eigenvalue weighted by Gasteiger charge is 2.11. The molecule has 0 saturated heterocycles. The van der Waals surface area contributed by atoms with Gasteiger partial charge in [0.05, 0.1) is 25.3 Å². The van der Waals surface area contributed by atoms with Crippen LogP contribution in [0.25, 0.3) is 17.0 Å². The van der Waals surface area contributed by atoms with Crippen LogP contribution in [0.3, 0.4) is 0 Å². The highest BCUT2D eigenvalue weighted by Crippen LogP contribution is 2.21. The van der Waals surface area contributed by atoms with Gasteiger partial charge in [-0.15, -0.1) is 15.3 Å². The number of carbonyl (C=O) groups excluding carboxylic acids is 1. The van der Waals surface area contributed by atoms with Crippen molar-refractivity contribution in [2.24, 2.45) is 0 Å². The van der Waals surface area contributed by atoms with Crippen molar-refractivity contribution >= 4 is 11.6 Å². The Morgan fingerprint density at radius 2 is 1.97 bits per heavy atom. The number of nitriles is 1. The van der Waals surface area contributed by atoms with Crippen LogP contribution in [0.2, 0.25) is 0 Å². The standard InChI is InChI=1S/C22H18N6O3/c1-30-18-7-5-16(6-8-18)21-26-25-19-9-10-20(27-28(19)21)31-12-11-24-22(29)17-4-2-3-15(13-17)14-23/h2-10,13H,11-12H2,1H3,(H,24,29). The summed E-state index contributed by atoms with van der Waals surface area (Å²) in [6.07, 6.45) is 0. The van der Waals surface area contributed by atoms with Crippen LogP contribution in [0.1, 0.15) is 15.9 Å². The Morgan fingerprint density at radius 1 is 1.13 bits per heavy atom. The van der Waals surface area contributed by atoms with Gasteiger partial charge in [0, 0.05) is 17.2 Å². The van der Waals surface area contributed by atoms with Crippen molar-refractivity contribution in [3.05, 3.63) is 71.8 Å². The molecule has 0 atom stereocenters. The van der Waals surface area contributed by atoms with Crippen molar-refractivity contribution in [3.63, 3.8) is 0 Å². The van der Waals surface area contributed by atoms with Gasteiger partial charge in [-0.3, -0.25) is 4.79 Å². The Hall–Kier alpha value is -4.45. The van der Waals surface area contributed by atoms with E-state index in [1.807, 2.05) is 30.3 Å². The quantitative estimate of drug-likeness (QED) is 0.462. The van der Waals surface area contributed by atoms with Crippen LogP contribution < -0.4 is 14.8 Å². The van der Waals surface area contributed by atoms with E-state index < -0.39 is 0 Å². The molecule has 1 amide bonds. The molecule has 0 unspecified atom stereocenters. The van der Waals surface area contributed by atoms with Gasteiger partial charge >= 0.3 is 0 Å². The summed E-state index contributed by atoms with van der Waals surface area (Å²) >= 11 is 0. The minimum atomic E-state index is -0.273. The van der Waals surface area contributed by atoms with E-state index in [1.165, 1.54) is 0 Å². The normalized spacial score (nSPS) is 10.5. The van der Waals surface area contributed by atoms with Gasteiger partial charge < -0.3 is 14.8 Å². The number of hydrogen-bond acceptors (Lipinski definition) is 7. The molecule has 9 nitrogen and oxygen atoms in total. The molecule has 4 rings (SSSR count). The van der Waals surface area contributed by atoms with Crippen molar-refractivity contribution in [2.75, 3.05) is 20.3 Å². The third-order valence-electron chi connectivity index (χ3n) is 4.48. The van der Waals surface area contributed by atoms with Gasteiger partial charge in [-0.2, -0.15) is 9.78 Å². The summed E-state index contributed by atoms with van der Waals surface area (Å²) in [5, 5.41) is 24.5. The van der Waals surface area contributed by atoms with Crippen LogP contribution in [-0.2, 0) is 0 Å². The molecule has 0 radical (unpaired) electrons. The molecule has 0 aliphatic heterocycles. The molecule has 9 heteroatoms. The molecule has 2 heterocycles. The number of hydrogen-bond donors (Lipinski definition) is 1. The summed E-state index contributed by atoms with van der Waals surface area (Å²) in [6, 6.07) is 19.4. The van der Waals surface area contributed by atoms with Crippen LogP contribution in [0, 0.1) is 11.3 Å². The zero-order valence-electron chi connectivity index (χ0n) is 16.6. The number of methoxy groups -OCH3 is 1.